The maximum Gasteiger partial charge on any atom is 0.334 e. The first kappa shape index (κ1) is 13.5. The molecule has 0 bridgehead atoms. The molecule has 0 amide bonds. The fraction of sp³-hybridized carbons (Fsp3) is 0.538. The van der Waals surface area contributed by atoms with Crippen LogP contribution in [-0.4, -0.2) is 24.2 Å². The van der Waals surface area contributed by atoms with E-state index in [2.05, 4.69) is 0 Å². The molecule has 1 rings (SSSR count). The Morgan fingerprint density at radius 2 is 2.00 bits per heavy atom. The van der Waals surface area contributed by atoms with E-state index in [0.29, 0.717) is 17.6 Å². The van der Waals surface area contributed by atoms with E-state index in [0.717, 1.165) is 12.0 Å². The summed E-state index contributed by atoms with van der Waals surface area (Å²) in [7, 11) is 1.34. The van der Waals surface area contributed by atoms with Crippen molar-refractivity contribution >= 4 is 11.9 Å². The van der Waals surface area contributed by atoms with Crippen molar-refractivity contribution in [2.45, 2.75) is 33.6 Å². The van der Waals surface area contributed by atoms with Crippen LogP contribution in [0.15, 0.2) is 22.8 Å². The molecule has 0 heterocycles. The monoisotopic (exact) mass is 238 g/mol. The third kappa shape index (κ3) is 2.75. The molecule has 0 fully saturated rings. The van der Waals surface area contributed by atoms with Crippen molar-refractivity contribution in [1.29, 1.82) is 0 Å². The van der Waals surface area contributed by atoms with Crippen molar-refractivity contribution in [1.82, 2.24) is 0 Å². The number of carbonyl (C=O) groups excluding carboxylic acids is 1. The highest BCUT2D eigenvalue weighted by Crippen LogP contribution is 2.42. The van der Waals surface area contributed by atoms with Crippen LogP contribution in [0, 0.1) is 5.41 Å². The molecular weight excluding hydrogens is 220 g/mol. The summed E-state index contributed by atoms with van der Waals surface area (Å²) in [5, 5.41) is 8.78. The molecule has 0 unspecified atom stereocenters. The van der Waals surface area contributed by atoms with Crippen LogP contribution in [0.25, 0.3) is 0 Å². The third-order valence-electron chi connectivity index (χ3n) is 3.24. The minimum absolute atomic E-state index is 0.271. The Kier molecular flexibility index (Phi) is 3.76. The second-order valence-corrected chi connectivity index (χ2v) is 4.88. The van der Waals surface area contributed by atoms with E-state index in [1.54, 1.807) is 6.92 Å². The Labute approximate surface area is 101 Å². The predicted octanol–water partition coefficient (Wildman–Crippen LogP) is 2.31. The molecule has 4 heteroatoms. The smallest absolute Gasteiger partial charge is 0.334 e. The summed E-state index contributed by atoms with van der Waals surface area (Å²) in [6.07, 6.45) is 2.59. The van der Waals surface area contributed by atoms with Crippen molar-refractivity contribution < 1.29 is 19.4 Å². The summed E-state index contributed by atoms with van der Waals surface area (Å²) in [5.41, 5.74) is 1.75. The minimum Gasteiger partial charge on any atom is -0.478 e. The van der Waals surface area contributed by atoms with E-state index in [-0.39, 0.29) is 11.4 Å². The molecule has 0 saturated heterocycles. The summed E-state index contributed by atoms with van der Waals surface area (Å²) in [6.45, 7) is 5.72. The molecule has 0 spiro atoms. The lowest BCUT2D eigenvalue weighted by molar-refractivity contribution is -0.137. The summed E-state index contributed by atoms with van der Waals surface area (Å²) < 4.78 is 4.78. The van der Waals surface area contributed by atoms with Crippen LogP contribution in [0.2, 0.25) is 0 Å². The van der Waals surface area contributed by atoms with Crippen LogP contribution in [0.5, 0.6) is 0 Å². The van der Waals surface area contributed by atoms with Crippen molar-refractivity contribution in [3.05, 3.63) is 22.8 Å². The topological polar surface area (TPSA) is 63.6 Å². The molecule has 0 radical (unpaired) electrons. The van der Waals surface area contributed by atoms with Gasteiger partial charge in [-0.15, -0.1) is 0 Å². The Bertz CT molecular complexity index is 413. The van der Waals surface area contributed by atoms with Gasteiger partial charge in [-0.25, -0.2) is 9.59 Å². The van der Waals surface area contributed by atoms with Gasteiger partial charge in [-0.2, -0.15) is 0 Å². The Morgan fingerprint density at radius 3 is 2.47 bits per heavy atom. The third-order valence-corrected chi connectivity index (χ3v) is 3.24. The highest BCUT2D eigenvalue weighted by atomic mass is 16.5. The predicted molar refractivity (Wildman–Crippen MR) is 63.4 cm³/mol. The lowest BCUT2D eigenvalue weighted by Gasteiger charge is -2.33. The van der Waals surface area contributed by atoms with Gasteiger partial charge < -0.3 is 9.84 Å². The number of rotatable bonds is 2. The van der Waals surface area contributed by atoms with Gasteiger partial charge in [0.2, 0.25) is 0 Å². The summed E-state index contributed by atoms with van der Waals surface area (Å²) >= 11 is 0. The highest BCUT2D eigenvalue weighted by Gasteiger charge is 2.35. The maximum absolute atomic E-state index is 11.8. The molecule has 4 nitrogen and oxygen atoms in total. The van der Waals surface area contributed by atoms with Gasteiger partial charge in [0.25, 0.3) is 0 Å². The van der Waals surface area contributed by atoms with Gasteiger partial charge in [0.15, 0.2) is 0 Å². The number of carbonyl (C=O) groups is 2. The molecule has 0 atom stereocenters. The summed E-state index contributed by atoms with van der Waals surface area (Å²) in [4.78, 5) is 22.5. The number of aliphatic carboxylic acids is 1. The van der Waals surface area contributed by atoms with E-state index in [1.807, 2.05) is 13.8 Å². The Morgan fingerprint density at radius 1 is 1.41 bits per heavy atom. The van der Waals surface area contributed by atoms with Crippen LogP contribution in [-0.2, 0) is 14.3 Å². The number of hydrogen-bond donors (Lipinski definition) is 1. The molecule has 0 saturated carbocycles. The number of allylic oxidation sites excluding steroid dienone is 2. The van der Waals surface area contributed by atoms with Crippen LogP contribution in [0.1, 0.15) is 33.6 Å². The van der Waals surface area contributed by atoms with Gasteiger partial charge in [-0.1, -0.05) is 13.8 Å². The molecule has 0 aromatic heterocycles. The zero-order chi connectivity index (χ0) is 13.2. The van der Waals surface area contributed by atoms with Gasteiger partial charge in [-0.3, -0.25) is 0 Å². The van der Waals surface area contributed by atoms with E-state index in [4.69, 9.17) is 9.84 Å². The quantitative estimate of drug-likeness (QED) is 0.592. The van der Waals surface area contributed by atoms with E-state index in [9.17, 15) is 9.59 Å². The van der Waals surface area contributed by atoms with Crippen LogP contribution in [0.4, 0.5) is 0 Å². The van der Waals surface area contributed by atoms with Crippen LogP contribution < -0.4 is 0 Å². The van der Waals surface area contributed by atoms with Crippen LogP contribution >= 0.6 is 0 Å². The maximum atomic E-state index is 11.8. The van der Waals surface area contributed by atoms with E-state index < -0.39 is 5.97 Å². The van der Waals surface area contributed by atoms with Gasteiger partial charge >= 0.3 is 11.9 Å². The minimum atomic E-state index is -0.983. The van der Waals surface area contributed by atoms with Gasteiger partial charge in [0.05, 0.1) is 7.11 Å². The Balaban J connectivity index is 3.31. The number of carboxylic acid groups (broad SMARTS) is 1. The van der Waals surface area contributed by atoms with Crippen molar-refractivity contribution in [3.63, 3.8) is 0 Å². The molecular formula is C13H18O4. The fourth-order valence-electron chi connectivity index (χ4n) is 2.29. The molecule has 94 valence electrons. The Hall–Kier alpha value is -1.58. The number of carboxylic acids is 1. The van der Waals surface area contributed by atoms with Crippen molar-refractivity contribution in [3.8, 4) is 0 Å². The summed E-state index contributed by atoms with van der Waals surface area (Å²) in [5.74, 6) is -1.35. The van der Waals surface area contributed by atoms with E-state index in [1.165, 1.54) is 13.2 Å². The highest BCUT2D eigenvalue weighted by molar-refractivity contribution is 5.93. The average molecular weight is 238 g/mol. The zero-order valence-electron chi connectivity index (χ0n) is 10.7. The second kappa shape index (κ2) is 4.73. The van der Waals surface area contributed by atoms with Crippen LogP contribution in [0.3, 0.4) is 0 Å². The first-order chi connectivity index (χ1) is 7.79. The lowest BCUT2D eigenvalue weighted by Crippen LogP contribution is -2.28. The van der Waals surface area contributed by atoms with Gasteiger partial charge in [0, 0.05) is 11.6 Å². The molecule has 0 aliphatic heterocycles. The fourth-order valence-corrected chi connectivity index (χ4v) is 2.29. The number of esters is 1. The lowest BCUT2D eigenvalue weighted by atomic mass is 9.71. The molecule has 1 N–H and O–H groups in total. The number of ether oxygens (including phenoxy) is 1. The largest absolute Gasteiger partial charge is 0.478 e. The standard InChI is InChI=1S/C13H18O4/c1-8-9(7-10(14)15)5-6-13(2,3)11(8)12(16)17-4/h7H,5-6H2,1-4H3,(H,14,15)/b9-7+. The number of hydrogen-bond acceptors (Lipinski definition) is 3. The van der Waals surface area contributed by atoms with Crippen molar-refractivity contribution in [2.75, 3.05) is 7.11 Å². The molecule has 17 heavy (non-hydrogen) atoms. The first-order valence-electron chi connectivity index (χ1n) is 5.53. The first-order valence-corrected chi connectivity index (χ1v) is 5.53. The average Bonchev–Trinajstić information content (AvgIpc) is 2.21. The molecule has 1 aliphatic carbocycles. The SMILES string of the molecule is COC(=O)C1=C(C)/C(=C/C(=O)O)CCC1(C)C. The zero-order valence-corrected chi connectivity index (χ0v) is 10.7. The second-order valence-electron chi connectivity index (χ2n) is 4.88. The number of methoxy groups -OCH3 is 1. The van der Waals surface area contributed by atoms with Crippen molar-refractivity contribution in [2.24, 2.45) is 5.41 Å². The summed E-state index contributed by atoms with van der Waals surface area (Å²) in [6, 6.07) is 0. The molecule has 0 aromatic carbocycles. The van der Waals surface area contributed by atoms with Gasteiger partial charge in [-0.05, 0) is 36.3 Å². The molecule has 0 aromatic rings. The molecule has 1 aliphatic rings. The normalized spacial score (nSPS) is 21.5. The van der Waals surface area contributed by atoms with E-state index >= 15 is 0 Å². The van der Waals surface area contributed by atoms with Gasteiger partial charge in [0.1, 0.15) is 0 Å².